The predicted octanol–water partition coefficient (Wildman–Crippen LogP) is 0.860. The number of esters is 1. The summed E-state index contributed by atoms with van der Waals surface area (Å²) in [7, 11) is 0. The van der Waals surface area contributed by atoms with Crippen LogP contribution in [-0.2, 0) is 20.9 Å². The number of nitrogens with one attached hydrogen (secondary N) is 1. The number of carbonyl (C=O) groups excluding carboxylic acids is 2. The molecule has 0 fully saturated rings. The van der Waals surface area contributed by atoms with Crippen LogP contribution in [0.4, 0.5) is 5.69 Å². The van der Waals surface area contributed by atoms with Crippen molar-refractivity contribution in [3.8, 4) is 0 Å². The zero-order valence-electron chi connectivity index (χ0n) is 12.6. The second-order valence-corrected chi connectivity index (χ2v) is 4.90. The second-order valence-electron chi connectivity index (χ2n) is 4.90. The number of para-hydroxylation sites is 1. The van der Waals surface area contributed by atoms with E-state index in [2.05, 4.69) is 20.8 Å². The van der Waals surface area contributed by atoms with E-state index in [1.807, 2.05) is 32.0 Å². The molecule has 0 aliphatic heterocycles. The Morgan fingerprint density at radius 3 is 2.59 bits per heavy atom. The number of nitrogens with zero attached hydrogens (tertiary/aromatic N) is 4. The number of anilines is 1. The Kier molecular flexibility index (Phi) is 4.82. The monoisotopic (exact) mass is 303 g/mol. The average molecular weight is 303 g/mol. The fourth-order valence-electron chi connectivity index (χ4n) is 1.91. The van der Waals surface area contributed by atoms with E-state index in [9.17, 15) is 9.59 Å². The first kappa shape index (κ1) is 15.6. The van der Waals surface area contributed by atoms with Crippen LogP contribution in [0.3, 0.4) is 0 Å². The molecular formula is C14H17N5O3. The number of hydrogen-bond acceptors (Lipinski definition) is 6. The van der Waals surface area contributed by atoms with Crippen LogP contribution >= 0.6 is 0 Å². The number of aryl methyl sites for hydroxylation is 2. The molecule has 1 aromatic heterocycles. The first-order valence-electron chi connectivity index (χ1n) is 6.74. The Morgan fingerprint density at radius 1 is 1.32 bits per heavy atom. The molecule has 1 atom stereocenters. The molecule has 8 nitrogen and oxygen atoms in total. The topological polar surface area (TPSA) is 99.0 Å². The summed E-state index contributed by atoms with van der Waals surface area (Å²) < 4.78 is 6.29. The normalized spacial score (nSPS) is 11.8. The predicted molar refractivity (Wildman–Crippen MR) is 77.9 cm³/mol. The maximum absolute atomic E-state index is 12.1. The van der Waals surface area contributed by atoms with E-state index in [1.54, 1.807) is 0 Å². The molecule has 2 aromatic rings. The number of hydrogen-bond donors (Lipinski definition) is 1. The van der Waals surface area contributed by atoms with E-state index in [0.717, 1.165) is 16.8 Å². The van der Waals surface area contributed by atoms with E-state index in [-0.39, 0.29) is 12.5 Å². The van der Waals surface area contributed by atoms with Crippen LogP contribution in [-0.4, -0.2) is 38.2 Å². The van der Waals surface area contributed by atoms with Crippen molar-refractivity contribution >= 4 is 17.6 Å². The minimum Gasteiger partial charge on any atom is -0.451 e. The summed E-state index contributed by atoms with van der Waals surface area (Å²) in [5.41, 5.74) is 2.62. The molecule has 1 amide bonds. The average Bonchev–Trinajstić information content (AvgIpc) is 2.95. The van der Waals surface area contributed by atoms with Gasteiger partial charge >= 0.3 is 5.97 Å². The highest BCUT2D eigenvalue weighted by Gasteiger charge is 2.19. The summed E-state index contributed by atoms with van der Waals surface area (Å²) in [5, 5.41) is 13.2. The molecular weight excluding hydrogens is 286 g/mol. The third kappa shape index (κ3) is 3.87. The lowest BCUT2D eigenvalue weighted by molar-refractivity contribution is -0.153. The van der Waals surface area contributed by atoms with Crippen molar-refractivity contribution in [3.63, 3.8) is 0 Å². The number of carbonyl (C=O) groups is 2. The highest BCUT2D eigenvalue weighted by Crippen LogP contribution is 2.19. The van der Waals surface area contributed by atoms with E-state index in [4.69, 9.17) is 4.74 Å². The third-order valence-corrected chi connectivity index (χ3v) is 3.09. The lowest BCUT2D eigenvalue weighted by Crippen LogP contribution is -2.31. The molecule has 0 aliphatic rings. The Morgan fingerprint density at radius 2 is 2.00 bits per heavy atom. The van der Waals surface area contributed by atoms with Gasteiger partial charge in [0.25, 0.3) is 5.91 Å². The molecule has 0 saturated heterocycles. The Labute approximate surface area is 127 Å². The van der Waals surface area contributed by atoms with Gasteiger partial charge < -0.3 is 10.1 Å². The van der Waals surface area contributed by atoms with Gasteiger partial charge in [0.15, 0.2) is 6.10 Å². The van der Waals surface area contributed by atoms with Crippen LogP contribution in [0.5, 0.6) is 0 Å². The molecule has 1 heterocycles. The van der Waals surface area contributed by atoms with Crippen molar-refractivity contribution in [1.82, 2.24) is 20.2 Å². The number of amides is 1. The molecule has 8 heteroatoms. The first-order chi connectivity index (χ1) is 10.5. The Balaban J connectivity index is 1.93. The van der Waals surface area contributed by atoms with E-state index in [0.29, 0.717) is 0 Å². The second kappa shape index (κ2) is 6.79. The molecule has 0 unspecified atom stereocenters. The zero-order chi connectivity index (χ0) is 16.1. The van der Waals surface area contributed by atoms with Crippen LogP contribution in [0.2, 0.25) is 0 Å². The summed E-state index contributed by atoms with van der Waals surface area (Å²) in [4.78, 5) is 23.8. The summed E-state index contributed by atoms with van der Waals surface area (Å²) in [6.45, 7) is 5.17. The number of benzene rings is 1. The number of ether oxygens (including phenoxy) is 1. The highest BCUT2D eigenvalue weighted by molar-refractivity contribution is 5.96. The number of tetrazole rings is 1. The number of aromatic nitrogens is 4. The zero-order valence-corrected chi connectivity index (χ0v) is 12.6. The standard InChI is InChI=1S/C14H17N5O3/c1-9-5-4-6-10(2)13(9)16-14(21)11(3)22-12(20)7-19-8-15-17-18-19/h4-6,8,11H,7H2,1-3H3,(H,16,21)/t11-/m1/s1. The lowest BCUT2D eigenvalue weighted by Gasteiger charge is -2.16. The van der Waals surface area contributed by atoms with Crippen LogP contribution in [0.15, 0.2) is 24.5 Å². The van der Waals surface area contributed by atoms with Gasteiger partial charge in [0.2, 0.25) is 0 Å². The molecule has 1 N–H and O–H groups in total. The molecule has 1 aromatic carbocycles. The SMILES string of the molecule is Cc1cccc(C)c1NC(=O)[C@@H](C)OC(=O)Cn1cnnn1. The Hall–Kier alpha value is -2.77. The van der Waals surface area contributed by atoms with Gasteiger partial charge in [0.05, 0.1) is 0 Å². The molecule has 2 rings (SSSR count). The number of rotatable bonds is 5. The van der Waals surface area contributed by atoms with Crippen LogP contribution in [0.25, 0.3) is 0 Å². The minimum atomic E-state index is -0.914. The molecule has 0 aliphatic carbocycles. The van der Waals surface area contributed by atoms with Gasteiger partial charge in [-0.15, -0.1) is 5.10 Å². The van der Waals surface area contributed by atoms with Gasteiger partial charge in [-0.25, -0.2) is 4.68 Å². The van der Waals surface area contributed by atoms with Crippen molar-refractivity contribution in [2.24, 2.45) is 0 Å². The van der Waals surface area contributed by atoms with E-state index in [1.165, 1.54) is 17.9 Å². The molecule has 0 spiro atoms. The van der Waals surface area contributed by atoms with Gasteiger partial charge in [-0.2, -0.15) is 0 Å². The molecule has 0 radical (unpaired) electrons. The van der Waals surface area contributed by atoms with Crippen molar-refractivity contribution in [3.05, 3.63) is 35.7 Å². The van der Waals surface area contributed by atoms with Gasteiger partial charge in [-0.05, 0) is 42.3 Å². The summed E-state index contributed by atoms with van der Waals surface area (Å²) in [6.07, 6.45) is 0.380. The quantitative estimate of drug-likeness (QED) is 0.822. The summed E-state index contributed by atoms with van der Waals surface area (Å²) in [5.74, 6) is -0.973. The molecule has 116 valence electrons. The van der Waals surface area contributed by atoms with Crippen molar-refractivity contribution in [1.29, 1.82) is 0 Å². The molecule has 0 saturated carbocycles. The van der Waals surface area contributed by atoms with Crippen LogP contribution in [0.1, 0.15) is 18.1 Å². The van der Waals surface area contributed by atoms with Crippen molar-refractivity contribution in [2.75, 3.05) is 5.32 Å². The van der Waals surface area contributed by atoms with Crippen LogP contribution < -0.4 is 5.32 Å². The fourth-order valence-corrected chi connectivity index (χ4v) is 1.91. The minimum absolute atomic E-state index is 0.145. The van der Waals surface area contributed by atoms with Crippen LogP contribution in [0, 0.1) is 13.8 Å². The lowest BCUT2D eigenvalue weighted by atomic mass is 10.1. The maximum atomic E-state index is 12.1. The fraction of sp³-hybridized carbons (Fsp3) is 0.357. The van der Waals surface area contributed by atoms with Gasteiger partial charge in [0.1, 0.15) is 12.9 Å². The molecule has 22 heavy (non-hydrogen) atoms. The van der Waals surface area contributed by atoms with Gasteiger partial charge in [-0.3, -0.25) is 9.59 Å². The molecule has 0 bridgehead atoms. The van der Waals surface area contributed by atoms with Crippen molar-refractivity contribution < 1.29 is 14.3 Å². The third-order valence-electron chi connectivity index (χ3n) is 3.09. The van der Waals surface area contributed by atoms with E-state index >= 15 is 0 Å². The highest BCUT2D eigenvalue weighted by atomic mass is 16.5. The van der Waals surface area contributed by atoms with E-state index < -0.39 is 12.1 Å². The maximum Gasteiger partial charge on any atom is 0.328 e. The Bertz CT molecular complexity index is 649. The van der Waals surface area contributed by atoms with Gasteiger partial charge in [0, 0.05) is 5.69 Å². The largest absolute Gasteiger partial charge is 0.451 e. The van der Waals surface area contributed by atoms with Gasteiger partial charge in [-0.1, -0.05) is 18.2 Å². The smallest absolute Gasteiger partial charge is 0.328 e. The summed E-state index contributed by atoms with van der Waals surface area (Å²) in [6, 6.07) is 5.71. The van der Waals surface area contributed by atoms with Crippen molar-refractivity contribution in [2.45, 2.75) is 33.4 Å². The first-order valence-corrected chi connectivity index (χ1v) is 6.74. The summed E-state index contributed by atoms with van der Waals surface area (Å²) >= 11 is 0.